The Kier molecular flexibility index (Phi) is 6.92. The van der Waals surface area contributed by atoms with E-state index in [1.165, 1.54) is 10.8 Å². The van der Waals surface area contributed by atoms with Crippen molar-refractivity contribution in [3.63, 3.8) is 0 Å². The largest absolute Gasteiger partial charge is 1.00 e. The van der Waals surface area contributed by atoms with Crippen molar-refractivity contribution < 1.29 is 70.9 Å². The van der Waals surface area contributed by atoms with Gasteiger partial charge in [0.25, 0.3) is 0 Å². The molecule has 2 rings (SSSR count). The number of halogens is 1. The molecule has 0 nitrogen and oxygen atoms in total. The number of hydrogen-bond donors (Lipinski definition) is 0. The monoisotopic (exact) mass is 428 g/mol. The van der Waals surface area contributed by atoms with Crippen molar-refractivity contribution >= 4 is 10.8 Å². The van der Waals surface area contributed by atoms with Gasteiger partial charge in [0.05, 0.1) is 0 Å². The summed E-state index contributed by atoms with van der Waals surface area (Å²) in [6, 6.07) is 17.4. The van der Waals surface area contributed by atoms with Gasteiger partial charge in [0, 0.05) is 46.9 Å². The molecule has 0 saturated heterocycles. The Balaban J connectivity index is 0.000000605. The smallest absolute Gasteiger partial charge is 0 e. The molecule has 0 aliphatic rings. The summed E-state index contributed by atoms with van der Waals surface area (Å²) in [5.74, 6) is 0. The van der Waals surface area contributed by atoms with Crippen LogP contribution in [-0.2, 0) is 0 Å². The van der Waals surface area contributed by atoms with Gasteiger partial charge in [-0.3, -0.25) is 0 Å². The van der Waals surface area contributed by atoms with Crippen LogP contribution in [0.4, 0.5) is 0 Å². The normalized spacial score (nSPS) is 8.33. The van der Waals surface area contributed by atoms with Crippen molar-refractivity contribution in [2.45, 2.75) is 0 Å². The quantitative estimate of drug-likeness (QED) is 0.505. The molecule has 0 aliphatic heterocycles. The molecule has 0 atom stereocenters. The Morgan fingerprint density at radius 3 is 2.33 bits per heavy atom. The Bertz CT molecular complexity index is 281. The molecule has 0 aliphatic carbocycles. The average Bonchev–Trinajstić information content (AvgIpc) is 2.05. The van der Waals surface area contributed by atoms with E-state index in [0.29, 0.717) is 0 Å². The molecule has 0 bridgehead atoms. The van der Waals surface area contributed by atoms with Gasteiger partial charge in [-0.1, -0.05) is 42.5 Å². The van der Waals surface area contributed by atoms with Gasteiger partial charge in [0.1, 0.15) is 0 Å². The zero-order chi connectivity index (χ0) is 6.81. The third kappa shape index (κ3) is 3.02. The molecule has 2 aromatic carbocycles. The fraction of sp³-hybridized carbons (Fsp3) is 0. The standard InChI is InChI=1S/C10H7.HI.Yb/c1-2-6-10-8-4-3-7-9(10)5-1;;/h1-7H;1H;/p-1. The molecule has 0 amide bonds. The van der Waals surface area contributed by atoms with Crippen LogP contribution < -0.4 is 24.0 Å². The van der Waals surface area contributed by atoms with Crippen molar-refractivity contribution in [1.29, 1.82) is 0 Å². The molecule has 2 heteroatoms. The summed E-state index contributed by atoms with van der Waals surface area (Å²) in [6.07, 6.45) is 0. The van der Waals surface area contributed by atoms with Crippen LogP contribution in [0.25, 0.3) is 10.8 Å². The van der Waals surface area contributed by atoms with Gasteiger partial charge in [-0.25, -0.2) is 0 Å². The van der Waals surface area contributed by atoms with Crippen LogP contribution in [-0.4, -0.2) is 0 Å². The Hall–Kier alpha value is 0.949. The van der Waals surface area contributed by atoms with Crippen molar-refractivity contribution in [2.75, 3.05) is 0 Å². The van der Waals surface area contributed by atoms with E-state index in [-0.39, 0.29) is 70.9 Å². The second-order valence-electron chi connectivity index (χ2n) is 2.26. The van der Waals surface area contributed by atoms with E-state index in [0.717, 1.165) is 0 Å². The first kappa shape index (κ1) is 12.9. The fourth-order valence-electron chi connectivity index (χ4n) is 1.06. The maximum atomic E-state index is 3.15. The van der Waals surface area contributed by atoms with Crippen LogP contribution in [0.3, 0.4) is 0 Å². The van der Waals surface area contributed by atoms with Crippen molar-refractivity contribution in [2.24, 2.45) is 0 Å². The molecule has 0 N–H and O–H groups in total. The first-order chi connectivity index (χ1) is 4.97. The minimum atomic E-state index is 0. The summed E-state index contributed by atoms with van der Waals surface area (Å²) in [5, 5.41) is 2.44. The molecule has 69 valence electrons. The molecule has 0 heterocycles. The number of fused-ring (bicyclic) bond motifs is 1. The van der Waals surface area contributed by atoms with Crippen LogP contribution in [0.2, 0.25) is 0 Å². The summed E-state index contributed by atoms with van der Waals surface area (Å²) in [5.41, 5.74) is 0. The van der Waals surface area contributed by atoms with Gasteiger partial charge < -0.3 is 24.0 Å². The molecule has 0 fully saturated rings. The van der Waals surface area contributed by atoms with E-state index in [9.17, 15) is 0 Å². The van der Waals surface area contributed by atoms with Crippen LogP contribution in [0.5, 0.6) is 0 Å². The summed E-state index contributed by atoms with van der Waals surface area (Å²) < 4.78 is 0. The predicted molar refractivity (Wildman–Crippen MR) is 42.8 cm³/mol. The molecule has 0 unspecified atom stereocenters. The summed E-state index contributed by atoms with van der Waals surface area (Å²) >= 11 is 0. The number of benzene rings is 2. The molecular formula is C10H7IYb-. The van der Waals surface area contributed by atoms with Crippen molar-refractivity contribution in [3.8, 4) is 0 Å². The van der Waals surface area contributed by atoms with Gasteiger partial charge in [-0.05, 0) is 16.8 Å². The van der Waals surface area contributed by atoms with E-state index in [4.69, 9.17) is 0 Å². The molecule has 2 aromatic rings. The van der Waals surface area contributed by atoms with Gasteiger partial charge in [-0.15, -0.1) is 0 Å². The average molecular weight is 427 g/mol. The summed E-state index contributed by atoms with van der Waals surface area (Å²) in [6.45, 7) is 0. The fourth-order valence-corrected chi connectivity index (χ4v) is 1.06. The third-order valence-corrected chi connectivity index (χ3v) is 1.57. The van der Waals surface area contributed by atoms with E-state index in [2.05, 4.69) is 24.3 Å². The second kappa shape index (κ2) is 6.41. The maximum Gasteiger partial charge on any atom is 0 e. The molecule has 0 saturated carbocycles. The molecule has 1 radical (unpaired) electrons. The number of hydrogen-bond acceptors (Lipinski definition) is 0. The van der Waals surface area contributed by atoms with Crippen LogP contribution in [0, 0.1) is 53.0 Å². The van der Waals surface area contributed by atoms with Crippen molar-refractivity contribution in [3.05, 3.63) is 48.5 Å². The molecule has 12 heavy (non-hydrogen) atoms. The minimum Gasteiger partial charge on any atom is -1.00 e. The van der Waals surface area contributed by atoms with Crippen LogP contribution in [0.1, 0.15) is 0 Å². The van der Waals surface area contributed by atoms with E-state index in [1.54, 1.807) is 0 Å². The zero-order valence-electron chi connectivity index (χ0n) is 6.19. The SMILES string of the molecule is [I-].[Yb].[c]1cccc2ccccc12. The van der Waals surface area contributed by atoms with E-state index < -0.39 is 0 Å². The Labute approximate surface area is 128 Å². The van der Waals surface area contributed by atoms with E-state index >= 15 is 0 Å². The van der Waals surface area contributed by atoms with E-state index in [1.807, 2.05) is 24.3 Å². The second-order valence-corrected chi connectivity index (χ2v) is 2.26. The van der Waals surface area contributed by atoms with Gasteiger partial charge in [0.15, 0.2) is 0 Å². The molecular weight excluding hydrogens is 420 g/mol. The van der Waals surface area contributed by atoms with Crippen LogP contribution >= 0.6 is 0 Å². The van der Waals surface area contributed by atoms with Gasteiger partial charge >= 0.3 is 0 Å². The zero-order valence-corrected chi connectivity index (χ0v) is 10.1. The van der Waals surface area contributed by atoms with Crippen molar-refractivity contribution in [1.82, 2.24) is 0 Å². The third-order valence-electron chi connectivity index (χ3n) is 1.57. The topological polar surface area (TPSA) is 0 Å². The minimum absolute atomic E-state index is 0. The molecule has 0 aromatic heterocycles. The van der Waals surface area contributed by atoms with Gasteiger partial charge in [0.2, 0.25) is 0 Å². The summed E-state index contributed by atoms with van der Waals surface area (Å²) in [7, 11) is 0. The summed E-state index contributed by atoms with van der Waals surface area (Å²) in [4.78, 5) is 0. The predicted octanol–water partition coefficient (Wildman–Crippen LogP) is -0.356. The van der Waals surface area contributed by atoms with Crippen LogP contribution in [0.15, 0.2) is 42.5 Å². The number of rotatable bonds is 0. The molecule has 0 spiro atoms. The first-order valence-corrected chi connectivity index (χ1v) is 3.32. The Morgan fingerprint density at radius 1 is 0.917 bits per heavy atom. The van der Waals surface area contributed by atoms with Gasteiger partial charge in [-0.2, -0.15) is 0 Å². The first-order valence-electron chi connectivity index (χ1n) is 3.32. The Morgan fingerprint density at radius 2 is 1.58 bits per heavy atom. The maximum absolute atomic E-state index is 3.15.